The molecule has 6 heteroatoms. The third-order valence-corrected chi connectivity index (χ3v) is 4.73. The van der Waals surface area contributed by atoms with Gasteiger partial charge in [0.1, 0.15) is 5.82 Å². The summed E-state index contributed by atoms with van der Waals surface area (Å²) in [7, 11) is 0. The summed E-state index contributed by atoms with van der Waals surface area (Å²) in [5, 5.41) is 3.03. The number of imidazole rings is 1. The molecule has 3 rings (SSSR count). The number of rotatable bonds is 6. The third-order valence-electron chi connectivity index (χ3n) is 4.73. The number of hydrogen-bond acceptors (Lipinski definition) is 3. The summed E-state index contributed by atoms with van der Waals surface area (Å²) in [4.78, 5) is 22.9. The molecule has 0 radical (unpaired) electrons. The Balaban J connectivity index is 1.64. The number of aromatic nitrogens is 3. The summed E-state index contributed by atoms with van der Waals surface area (Å²) in [5.74, 6) is 1.37. The number of likely N-dealkylation sites (tertiary alicyclic amines) is 1. The number of amides is 2. The normalized spacial score (nSPS) is 17.5. The zero-order chi connectivity index (χ0) is 17.5. The van der Waals surface area contributed by atoms with E-state index in [9.17, 15) is 4.79 Å². The summed E-state index contributed by atoms with van der Waals surface area (Å²) in [6.45, 7) is 5.25. The van der Waals surface area contributed by atoms with Crippen LogP contribution >= 0.6 is 0 Å². The van der Waals surface area contributed by atoms with Gasteiger partial charge in [0.15, 0.2) is 0 Å². The summed E-state index contributed by atoms with van der Waals surface area (Å²) >= 11 is 0. The van der Waals surface area contributed by atoms with E-state index in [1.807, 2.05) is 41.8 Å². The van der Waals surface area contributed by atoms with Crippen molar-refractivity contribution in [3.63, 3.8) is 0 Å². The minimum atomic E-state index is 0.0605. The van der Waals surface area contributed by atoms with E-state index in [0.717, 1.165) is 57.7 Å². The molecule has 1 aliphatic rings. The molecule has 0 unspecified atom stereocenters. The average Bonchev–Trinajstić information content (AvgIpc) is 3.11. The minimum Gasteiger partial charge on any atom is -0.338 e. The summed E-state index contributed by atoms with van der Waals surface area (Å²) < 4.78 is 2.19. The van der Waals surface area contributed by atoms with Crippen LogP contribution in [-0.4, -0.2) is 45.1 Å². The second kappa shape index (κ2) is 8.65. The lowest BCUT2D eigenvalue weighted by Gasteiger charge is -2.32. The molecule has 6 nitrogen and oxygen atoms in total. The van der Waals surface area contributed by atoms with E-state index in [1.165, 1.54) is 5.56 Å². The van der Waals surface area contributed by atoms with Crippen LogP contribution in [0, 0.1) is 0 Å². The van der Waals surface area contributed by atoms with Crippen molar-refractivity contribution in [2.45, 2.75) is 45.1 Å². The minimum absolute atomic E-state index is 0.0605. The molecular weight excluding hydrogens is 314 g/mol. The maximum atomic E-state index is 12.3. The fourth-order valence-corrected chi connectivity index (χ4v) is 3.36. The van der Waals surface area contributed by atoms with Gasteiger partial charge >= 0.3 is 6.03 Å². The Morgan fingerprint density at radius 1 is 1.32 bits per heavy atom. The first kappa shape index (κ1) is 17.5. The van der Waals surface area contributed by atoms with Crippen molar-refractivity contribution in [2.24, 2.45) is 0 Å². The predicted octanol–water partition coefficient (Wildman–Crippen LogP) is 3.02. The van der Waals surface area contributed by atoms with Crippen LogP contribution in [0.3, 0.4) is 0 Å². The second-order valence-electron chi connectivity index (χ2n) is 6.64. The molecule has 134 valence electrons. The highest BCUT2D eigenvalue weighted by Gasteiger charge is 2.27. The van der Waals surface area contributed by atoms with E-state index in [1.54, 1.807) is 0 Å². The van der Waals surface area contributed by atoms with Crippen molar-refractivity contribution in [1.29, 1.82) is 0 Å². The molecule has 0 spiro atoms. The lowest BCUT2D eigenvalue weighted by Crippen LogP contribution is -2.45. The Bertz CT molecular complexity index is 669. The molecular formula is C19H27N5O. The molecule has 0 aliphatic carbocycles. The van der Waals surface area contributed by atoms with Crippen LogP contribution < -0.4 is 5.32 Å². The van der Waals surface area contributed by atoms with Crippen LogP contribution in [0.5, 0.6) is 0 Å². The van der Waals surface area contributed by atoms with Crippen molar-refractivity contribution in [2.75, 3.05) is 19.6 Å². The van der Waals surface area contributed by atoms with Gasteiger partial charge in [-0.1, -0.05) is 13.3 Å². The third kappa shape index (κ3) is 4.59. The maximum Gasteiger partial charge on any atom is 0.317 e. The summed E-state index contributed by atoms with van der Waals surface area (Å²) in [6.07, 6.45) is 11.7. The number of pyridine rings is 1. The standard InChI is InChI=1S/C19H27N5O/c1-2-3-8-22-19(25)24-12-4-5-17(15-24)18-21-11-13-23(18)14-16-6-9-20-10-7-16/h6-7,9-11,13,17H,2-5,8,12,14-15H2,1H3,(H,22,25)/t17-/m0/s1. The van der Waals surface area contributed by atoms with Crippen LogP contribution in [0.4, 0.5) is 4.79 Å². The van der Waals surface area contributed by atoms with Gasteiger partial charge in [-0.15, -0.1) is 0 Å². The van der Waals surface area contributed by atoms with Crippen LogP contribution in [0.2, 0.25) is 0 Å². The molecule has 2 aromatic rings. The average molecular weight is 341 g/mol. The number of carbonyl (C=O) groups is 1. The van der Waals surface area contributed by atoms with Crippen molar-refractivity contribution >= 4 is 6.03 Å². The highest BCUT2D eigenvalue weighted by Crippen LogP contribution is 2.26. The molecule has 25 heavy (non-hydrogen) atoms. The lowest BCUT2D eigenvalue weighted by atomic mass is 9.97. The summed E-state index contributed by atoms with van der Waals surface area (Å²) in [6, 6.07) is 4.11. The highest BCUT2D eigenvalue weighted by atomic mass is 16.2. The number of carbonyl (C=O) groups excluding carboxylic acids is 1. The Hall–Kier alpha value is -2.37. The first-order chi connectivity index (χ1) is 12.3. The first-order valence-electron chi connectivity index (χ1n) is 9.20. The SMILES string of the molecule is CCCCNC(=O)N1CCC[C@H](c2nccn2Cc2ccncc2)C1. The van der Waals surface area contributed by atoms with Gasteiger partial charge in [-0.3, -0.25) is 4.98 Å². The van der Waals surface area contributed by atoms with E-state index in [0.29, 0.717) is 5.92 Å². The van der Waals surface area contributed by atoms with Crippen LogP contribution in [0.15, 0.2) is 36.9 Å². The largest absolute Gasteiger partial charge is 0.338 e. The highest BCUT2D eigenvalue weighted by molar-refractivity contribution is 5.74. The van der Waals surface area contributed by atoms with E-state index in [2.05, 4.69) is 26.8 Å². The van der Waals surface area contributed by atoms with Gasteiger partial charge in [0.05, 0.1) is 0 Å². The molecule has 1 N–H and O–H groups in total. The van der Waals surface area contributed by atoms with E-state index in [-0.39, 0.29) is 6.03 Å². The van der Waals surface area contributed by atoms with Gasteiger partial charge in [-0.05, 0) is 37.0 Å². The zero-order valence-corrected chi connectivity index (χ0v) is 14.9. The molecule has 1 fully saturated rings. The zero-order valence-electron chi connectivity index (χ0n) is 14.9. The molecule has 1 aliphatic heterocycles. The molecule has 0 bridgehead atoms. The first-order valence-corrected chi connectivity index (χ1v) is 9.20. The molecule has 2 aromatic heterocycles. The smallest absolute Gasteiger partial charge is 0.317 e. The molecule has 1 saturated heterocycles. The van der Waals surface area contributed by atoms with Crippen molar-refractivity contribution in [3.8, 4) is 0 Å². The number of nitrogens with zero attached hydrogens (tertiary/aromatic N) is 4. The van der Waals surface area contributed by atoms with Crippen LogP contribution in [0.1, 0.15) is 49.9 Å². The van der Waals surface area contributed by atoms with E-state index in [4.69, 9.17) is 0 Å². The molecule has 2 amide bonds. The van der Waals surface area contributed by atoms with Gasteiger partial charge < -0.3 is 14.8 Å². The fourth-order valence-electron chi connectivity index (χ4n) is 3.36. The molecule has 0 aromatic carbocycles. The number of piperidine rings is 1. The molecule has 3 heterocycles. The number of unbranched alkanes of at least 4 members (excludes halogenated alkanes) is 1. The topological polar surface area (TPSA) is 63.1 Å². The Kier molecular flexibility index (Phi) is 6.04. The number of urea groups is 1. The van der Waals surface area contributed by atoms with Crippen LogP contribution in [-0.2, 0) is 6.54 Å². The number of hydrogen-bond donors (Lipinski definition) is 1. The lowest BCUT2D eigenvalue weighted by molar-refractivity contribution is 0.177. The van der Waals surface area contributed by atoms with E-state index >= 15 is 0 Å². The molecule has 0 saturated carbocycles. The predicted molar refractivity (Wildman–Crippen MR) is 97.4 cm³/mol. The summed E-state index contributed by atoms with van der Waals surface area (Å²) in [5.41, 5.74) is 1.21. The van der Waals surface area contributed by atoms with Crippen molar-refractivity contribution in [1.82, 2.24) is 24.8 Å². The molecule has 1 atom stereocenters. The maximum absolute atomic E-state index is 12.3. The monoisotopic (exact) mass is 341 g/mol. The Labute approximate surface area is 149 Å². The Morgan fingerprint density at radius 2 is 2.16 bits per heavy atom. The van der Waals surface area contributed by atoms with Crippen molar-refractivity contribution in [3.05, 3.63) is 48.3 Å². The quantitative estimate of drug-likeness (QED) is 0.822. The van der Waals surface area contributed by atoms with Crippen molar-refractivity contribution < 1.29 is 4.79 Å². The fraction of sp³-hybridized carbons (Fsp3) is 0.526. The van der Waals surface area contributed by atoms with Gasteiger partial charge in [0.2, 0.25) is 0 Å². The number of nitrogens with one attached hydrogen (secondary N) is 1. The van der Waals surface area contributed by atoms with Gasteiger partial charge in [0.25, 0.3) is 0 Å². The van der Waals surface area contributed by atoms with Crippen LogP contribution in [0.25, 0.3) is 0 Å². The Morgan fingerprint density at radius 3 is 2.96 bits per heavy atom. The van der Waals surface area contributed by atoms with Gasteiger partial charge in [0, 0.05) is 56.9 Å². The second-order valence-corrected chi connectivity index (χ2v) is 6.64. The van der Waals surface area contributed by atoms with Gasteiger partial charge in [-0.25, -0.2) is 9.78 Å². The van der Waals surface area contributed by atoms with Gasteiger partial charge in [-0.2, -0.15) is 0 Å². The van der Waals surface area contributed by atoms with E-state index < -0.39 is 0 Å².